The summed E-state index contributed by atoms with van der Waals surface area (Å²) >= 11 is 8.75. The van der Waals surface area contributed by atoms with Crippen molar-refractivity contribution in [3.63, 3.8) is 0 Å². The lowest BCUT2D eigenvalue weighted by Gasteiger charge is -2.37. The number of anilines is 1. The highest BCUT2D eigenvalue weighted by atomic mass is 127. The normalized spacial score (nSPS) is 26.6. The van der Waals surface area contributed by atoms with Gasteiger partial charge < -0.3 is 5.73 Å². The van der Waals surface area contributed by atoms with Gasteiger partial charge in [-0.15, -0.1) is 0 Å². The minimum absolute atomic E-state index is 0.0123. The summed E-state index contributed by atoms with van der Waals surface area (Å²) in [6, 6.07) is 1.46. The summed E-state index contributed by atoms with van der Waals surface area (Å²) in [6.07, 6.45) is 6.22. The number of rotatable bonds is 3. The molecule has 0 heterocycles. The quantitative estimate of drug-likeness (QED) is 0.390. The number of halogens is 3. The molecular formula is C17H18ClFINO. The monoisotopic (exact) mass is 433 g/mol. The summed E-state index contributed by atoms with van der Waals surface area (Å²) < 4.78 is 14.2. The molecule has 2 aliphatic carbocycles. The number of nitrogens with two attached hydrogens (primary N) is 1. The Morgan fingerprint density at radius 2 is 2.27 bits per heavy atom. The lowest BCUT2D eigenvalue weighted by molar-refractivity contribution is -0.115. The molecule has 2 unspecified atom stereocenters. The fourth-order valence-electron chi connectivity index (χ4n) is 3.74. The van der Waals surface area contributed by atoms with Gasteiger partial charge in [0.25, 0.3) is 0 Å². The molecule has 2 atom stereocenters. The summed E-state index contributed by atoms with van der Waals surface area (Å²) in [4.78, 5) is 11.9. The summed E-state index contributed by atoms with van der Waals surface area (Å²) in [7, 11) is 0. The lowest BCUT2D eigenvalue weighted by atomic mass is 9.69. The second kappa shape index (κ2) is 5.78. The zero-order valence-corrected chi connectivity index (χ0v) is 15.3. The molecule has 0 radical (unpaired) electrons. The molecule has 0 saturated heterocycles. The van der Waals surface area contributed by atoms with E-state index in [4.69, 9.17) is 17.3 Å². The van der Waals surface area contributed by atoms with Crippen LogP contribution < -0.4 is 5.73 Å². The van der Waals surface area contributed by atoms with Gasteiger partial charge in [0, 0.05) is 15.8 Å². The lowest BCUT2D eigenvalue weighted by Crippen LogP contribution is -2.27. The topological polar surface area (TPSA) is 43.1 Å². The summed E-state index contributed by atoms with van der Waals surface area (Å²) in [5.74, 6) is -0.385. The Morgan fingerprint density at radius 3 is 2.95 bits per heavy atom. The van der Waals surface area contributed by atoms with Crippen molar-refractivity contribution in [2.24, 2.45) is 5.41 Å². The molecule has 5 heteroatoms. The fraction of sp³-hybridized carbons (Fsp3) is 0.471. The molecule has 0 spiro atoms. The van der Waals surface area contributed by atoms with Crippen molar-refractivity contribution in [3.05, 3.63) is 34.1 Å². The molecule has 0 fully saturated rings. The number of carbonyl (C=O) groups excluding carboxylic acids is 1. The van der Waals surface area contributed by atoms with Crippen molar-refractivity contribution in [2.45, 2.75) is 43.0 Å². The van der Waals surface area contributed by atoms with Crippen molar-refractivity contribution in [1.29, 1.82) is 0 Å². The second-order valence-corrected chi connectivity index (χ2v) is 7.82. The third-order valence-corrected chi connectivity index (χ3v) is 7.18. The molecule has 1 aromatic rings. The van der Waals surface area contributed by atoms with Crippen molar-refractivity contribution < 1.29 is 9.18 Å². The molecule has 2 nitrogen and oxygen atoms in total. The van der Waals surface area contributed by atoms with Crippen molar-refractivity contribution in [3.8, 4) is 0 Å². The van der Waals surface area contributed by atoms with E-state index in [1.54, 1.807) is 6.08 Å². The van der Waals surface area contributed by atoms with Crippen LogP contribution in [0.25, 0.3) is 5.57 Å². The number of hydrogen-bond acceptors (Lipinski definition) is 2. The van der Waals surface area contributed by atoms with Crippen LogP contribution in [0.1, 0.15) is 54.1 Å². The molecule has 1 aromatic carbocycles. The van der Waals surface area contributed by atoms with Gasteiger partial charge in [-0.2, -0.15) is 0 Å². The molecule has 0 amide bonds. The van der Waals surface area contributed by atoms with E-state index in [-0.39, 0.29) is 20.8 Å². The van der Waals surface area contributed by atoms with Crippen LogP contribution in [-0.4, -0.2) is 5.78 Å². The van der Waals surface area contributed by atoms with Gasteiger partial charge >= 0.3 is 0 Å². The zero-order chi connectivity index (χ0) is 16.1. The maximum atomic E-state index is 14.1. The van der Waals surface area contributed by atoms with Gasteiger partial charge in [-0.3, -0.25) is 4.79 Å². The van der Waals surface area contributed by atoms with Crippen molar-refractivity contribution >= 4 is 51.2 Å². The summed E-state index contributed by atoms with van der Waals surface area (Å²) in [6.45, 7) is 2.16. The van der Waals surface area contributed by atoms with Crippen LogP contribution in [0, 0.1) is 11.2 Å². The second-order valence-electron chi connectivity index (χ2n) is 6.19. The van der Waals surface area contributed by atoms with Crippen LogP contribution >= 0.6 is 34.2 Å². The SMILES string of the molecule is CCCCC12CCC(=O)C=C1c1cc(F)c(N)c(Cl)c1C2I. The number of allylic oxidation sites excluding steroid dienone is 2. The average Bonchev–Trinajstić information content (AvgIpc) is 2.73. The molecule has 118 valence electrons. The number of unbranched alkanes of at least 4 members (excludes halogenated alkanes) is 1. The Hall–Kier alpha value is -0.620. The van der Waals surface area contributed by atoms with Gasteiger partial charge in [-0.1, -0.05) is 54.0 Å². The predicted octanol–water partition coefficient (Wildman–Crippen LogP) is 5.47. The van der Waals surface area contributed by atoms with E-state index in [9.17, 15) is 9.18 Å². The average molecular weight is 434 g/mol. The van der Waals surface area contributed by atoms with Crippen LogP contribution in [-0.2, 0) is 4.79 Å². The van der Waals surface area contributed by atoms with Crippen LogP contribution in [0.5, 0.6) is 0 Å². The molecule has 0 aliphatic heterocycles. The first-order valence-corrected chi connectivity index (χ1v) is 9.21. The van der Waals surface area contributed by atoms with Gasteiger partial charge in [0.15, 0.2) is 5.78 Å². The van der Waals surface area contributed by atoms with Gasteiger partial charge in [-0.05, 0) is 41.7 Å². The molecule has 2 aliphatic rings. The standard InChI is InChI=1S/C17H18ClFINO/c1-2-3-5-17-6-4-9(22)7-11(17)10-8-12(19)15(21)14(18)13(10)16(17)20/h7-8,16H,2-6,21H2,1H3. The van der Waals surface area contributed by atoms with E-state index in [1.165, 1.54) is 6.07 Å². The molecule has 3 rings (SSSR count). The largest absolute Gasteiger partial charge is 0.395 e. The molecule has 2 N–H and O–H groups in total. The Morgan fingerprint density at radius 1 is 1.55 bits per heavy atom. The molecule has 0 aromatic heterocycles. The van der Waals surface area contributed by atoms with Gasteiger partial charge in [-0.25, -0.2) is 4.39 Å². The number of fused-ring (bicyclic) bond motifs is 3. The van der Waals surface area contributed by atoms with E-state index in [1.807, 2.05) is 0 Å². The van der Waals surface area contributed by atoms with E-state index in [2.05, 4.69) is 29.5 Å². The first-order chi connectivity index (χ1) is 10.4. The van der Waals surface area contributed by atoms with Gasteiger partial charge in [0.2, 0.25) is 0 Å². The van der Waals surface area contributed by atoms with Crippen molar-refractivity contribution in [2.75, 3.05) is 5.73 Å². The third kappa shape index (κ3) is 2.21. The molecule has 0 saturated carbocycles. The first-order valence-electron chi connectivity index (χ1n) is 7.59. The minimum Gasteiger partial charge on any atom is -0.395 e. The first kappa shape index (κ1) is 16.2. The highest BCUT2D eigenvalue weighted by Gasteiger charge is 2.51. The van der Waals surface area contributed by atoms with E-state index in [0.29, 0.717) is 11.4 Å². The summed E-state index contributed by atoms with van der Waals surface area (Å²) in [5, 5.41) is 0.313. The van der Waals surface area contributed by atoms with Crippen LogP contribution in [0.4, 0.5) is 10.1 Å². The van der Waals surface area contributed by atoms with Crippen LogP contribution in [0.15, 0.2) is 12.1 Å². The predicted molar refractivity (Wildman–Crippen MR) is 96.8 cm³/mol. The molecule has 22 heavy (non-hydrogen) atoms. The van der Waals surface area contributed by atoms with Gasteiger partial charge in [0.05, 0.1) is 10.7 Å². The van der Waals surface area contributed by atoms with Crippen LogP contribution in [0.2, 0.25) is 5.02 Å². The number of alkyl halides is 1. The number of carbonyl (C=O) groups is 1. The highest BCUT2D eigenvalue weighted by Crippen LogP contribution is 2.65. The minimum atomic E-state index is -0.502. The zero-order valence-electron chi connectivity index (χ0n) is 12.4. The number of hydrogen-bond donors (Lipinski definition) is 1. The Kier molecular flexibility index (Phi) is 4.27. The number of ketones is 1. The maximum absolute atomic E-state index is 14.1. The number of benzene rings is 1. The molecule has 0 bridgehead atoms. The van der Waals surface area contributed by atoms with Gasteiger partial charge in [0.1, 0.15) is 5.82 Å². The molecular weight excluding hydrogens is 416 g/mol. The fourth-order valence-corrected chi connectivity index (χ4v) is 5.83. The Balaban J connectivity index is 2.24. The third-order valence-electron chi connectivity index (χ3n) is 4.96. The Bertz CT molecular complexity index is 688. The smallest absolute Gasteiger partial charge is 0.156 e. The van der Waals surface area contributed by atoms with Crippen molar-refractivity contribution in [1.82, 2.24) is 0 Å². The van der Waals surface area contributed by atoms with E-state index >= 15 is 0 Å². The number of nitrogen functional groups attached to an aromatic ring is 1. The summed E-state index contributed by atoms with van der Waals surface area (Å²) in [5.41, 5.74) is 8.32. The Labute approximate surface area is 148 Å². The van der Waals surface area contributed by atoms with Crippen LogP contribution in [0.3, 0.4) is 0 Å². The highest BCUT2D eigenvalue weighted by molar-refractivity contribution is 14.1. The maximum Gasteiger partial charge on any atom is 0.156 e. The van der Waals surface area contributed by atoms with E-state index < -0.39 is 5.82 Å². The van der Waals surface area contributed by atoms with E-state index in [0.717, 1.165) is 42.4 Å².